The maximum Gasteiger partial charge on any atom is 0.335 e. The Morgan fingerprint density at radius 3 is 2.39 bits per heavy atom. The van der Waals surface area contributed by atoms with Gasteiger partial charge in [-0.3, -0.25) is 4.79 Å². The lowest BCUT2D eigenvalue weighted by Gasteiger charge is -2.15. The monoisotopic (exact) mass is 413 g/mol. The Morgan fingerprint density at radius 1 is 0.968 bits per heavy atom. The number of anilines is 2. The minimum Gasteiger partial charge on any atom is -0.478 e. The molecule has 0 unspecified atom stereocenters. The fraction of sp³-hybridized carbons (Fsp3) is 0.0417. The molecule has 3 aromatic carbocycles. The van der Waals surface area contributed by atoms with Gasteiger partial charge in [0, 0.05) is 5.69 Å². The molecule has 0 fully saturated rings. The number of carbonyl (C=O) groups is 1. The predicted molar refractivity (Wildman–Crippen MR) is 117 cm³/mol. The van der Waals surface area contributed by atoms with E-state index in [-0.39, 0.29) is 23.5 Å². The Kier molecular flexibility index (Phi) is 5.75. The second kappa shape index (κ2) is 8.96. The van der Waals surface area contributed by atoms with Crippen molar-refractivity contribution < 1.29 is 14.6 Å². The molecule has 0 saturated heterocycles. The summed E-state index contributed by atoms with van der Waals surface area (Å²) >= 11 is 0. The molecule has 4 rings (SSSR count). The van der Waals surface area contributed by atoms with Gasteiger partial charge in [-0.2, -0.15) is 5.10 Å². The second-order valence-corrected chi connectivity index (χ2v) is 6.76. The third-order valence-corrected chi connectivity index (χ3v) is 4.53. The van der Waals surface area contributed by atoms with Gasteiger partial charge in [0.2, 0.25) is 0 Å². The summed E-state index contributed by atoms with van der Waals surface area (Å²) in [7, 11) is 0. The van der Waals surface area contributed by atoms with Crippen LogP contribution in [0.2, 0.25) is 0 Å². The number of para-hydroxylation sites is 1. The molecule has 0 aliphatic rings. The third-order valence-electron chi connectivity index (χ3n) is 4.53. The average Bonchev–Trinajstić information content (AvgIpc) is 2.80. The van der Waals surface area contributed by atoms with Crippen LogP contribution in [0.25, 0.3) is 0 Å². The second-order valence-electron chi connectivity index (χ2n) is 6.76. The lowest BCUT2D eigenvalue weighted by Crippen LogP contribution is -2.26. The molecule has 0 amide bonds. The van der Waals surface area contributed by atoms with E-state index in [1.165, 1.54) is 23.0 Å². The van der Waals surface area contributed by atoms with Gasteiger partial charge in [0.15, 0.2) is 11.4 Å². The number of benzene rings is 3. The van der Waals surface area contributed by atoms with Gasteiger partial charge < -0.3 is 15.2 Å². The number of nitrogens with one attached hydrogen (secondary N) is 1. The number of carboxylic acid groups (broad SMARTS) is 1. The quantitative estimate of drug-likeness (QED) is 0.463. The molecule has 0 saturated carbocycles. The van der Waals surface area contributed by atoms with Crippen molar-refractivity contribution in [1.29, 1.82) is 0 Å². The van der Waals surface area contributed by atoms with Gasteiger partial charge in [-0.05, 0) is 35.9 Å². The van der Waals surface area contributed by atoms with Crippen LogP contribution < -0.4 is 15.6 Å². The third kappa shape index (κ3) is 4.79. The van der Waals surface area contributed by atoms with Crippen molar-refractivity contribution in [3.05, 3.63) is 113 Å². The summed E-state index contributed by atoms with van der Waals surface area (Å²) in [6.07, 6.45) is 1.47. The number of hydrogen-bond donors (Lipinski definition) is 2. The fourth-order valence-electron chi connectivity index (χ4n) is 3.02. The number of aromatic nitrogens is 2. The van der Waals surface area contributed by atoms with Gasteiger partial charge >= 0.3 is 5.97 Å². The van der Waals surface area contributed by atoms with Gasteiger partial charge in [0.1, 0.15) is 5.75 Å². The molecular weight excluding hydrogens is 394 g/mol. The molecule has 7 nitrogen and oxygen atoms in total. The van der Waals surface area contributed by atoms with E-state index >= 15 is 0 Å². The van der Waals surface area contributed by atoms with E-state index in [0.29, 0.717) is 11.4 Å². The van der Waals surface area contributed by atoms with Crippen LogP contribution in [0.15, 0.2) is 95.9 Å². The van der Waals surface area contributed by atoms with Crippen LogP contribution in [0.1, 0.15) is 15.9 Å². The summed E-state index contributed by atoms with van der Waals surface area (Å²) in [5.41, 5.74) is 1.25. The highest BCUT2D eigenvalue weighted by Crippen LogP contribution is 2.28. The van der Waals surface area contributed by atoms with Gasteiger partial charge in [-0.25, -0.2) is 9.48 Å². The fourth-order valence-corrected chi connectivity index (χ4v) is 3.02. The maximum absolute atomic E-state index is 13.2. The van der Waals surface area contributed by atoms with E-state index in [1.54, 1.807) is 24.3 Å². The Bertz CT molecular complexity index is 1250. The SMILES string of the molecule is O=C(O)c1cccc(Nc2c(Oc3ccccc3)cnn(Cc3ccccc3)c2=O)c1. The molecule has 1 aromatic heterocycles. The van der Waals surface area contributed by atoms with Crippen LogP contribution in [-0.4, -0.2) is 20.9 Å². The van der Waals surface area contributed by atoms with Crippen LogP contribution >= 0.6 is 0 Å². The van der Waals surface area contributed by atoms with Crippen LogP contribution in [-0.2, 0) is 6.54 Å². The summed E-state index contributed by atoms with van der Waals surface area (Å²) < 4.78 is 7.22. The molecule has 0 atom stereocenters. The lowest BCUT2D eigenvalue weighted by molar-refractivity contribution is 0.0697. The van der Waals surface area contributed by atoms with Crippen LogP contribution in [0.5, 0.6) is 11.5 Å². The zero-order valence-electron chi connectivity index (χ0n) is 16.4. The first kappa shape index (κ1) is 19.9. The van der Waals surface area contributed by atoms with E-state index in [2.05, 4.69) is 10.4 Å². The first-order valence-electron chi connectivity index (χ1n) is 9.57. The maximum atomic E-state index is 13.2. The van der Waals surface area contributed by atoms with E-state index in [9.17, 15) is 14.7 Å². The van der Waals surface area contributed by atoms with E-state index in [0.717, 1.165) is 5.56 Å². The molecule has 0 bridgehead atoms. The number of rotatable bonds is 7. The van der Waals surface area contributed by atoms with Crippen LogP contribution in [0, 0.1) is 0 Å². The van der Waals surface area contributed by atoms with Gasteiger partial charge in [-0.1, -0.05) is 54.6 Å². The van der Waals surface area contributed by atoms with Crippen molar-refractivity contribution in [3.8, 4) is 11.5 Å². The number of carboxylic acids is 1. The molecule has 154 valence electrons. The van der Waals surface area contributed by atoms with Gasteiger partial charge in [0.05, 0.1) is 18.3 Å². The largest absolute Gasteiger partial charge is 0.478 e. The Morgan fingerprint density at radius 2 is 1.68 bits per heavy atom. The summed E-state index contributed by atoms with van der Waals surface area (Å²) in [4.78, 5) is 24.6. The molecule has 2 N–H and O–H groups in total. The number of aromatic carboxylic acids is 1. The zero-order chi connectivity index (χ0) is 21.6. The van der Waals surface area contributed by atoms with E-state index in [4.69, 9.17) is 4.74 Å². The van der Waals surface area contributed by atoms with Crippen molar-refractivity contribution in [1.82, 2.24) is 9.78 Å². The molecule has 4 aromatic rings. The lowest BCUT2D eigenvalue weighted by atomic mass is 10.2. The smallest absolute Gasteiger partial charge is 0.335 e. The molecule has 0 aliphatic heterocycles. The molecule has 31 heavy (non-hydrogen) atoms. The Labute approximate surface area is 178 Å². The standard InChI is InChI=1S/C24H19N3O4/c28-23-22(26-19-11-7-10-18(14-19)24(29)30)21(31-20-12-5-2-6-13-20)15-25-27(23)16-17-8-3-1-4-9-17/h1-15,26H,16H2,(H,29,30). The molecule has 0 spiro atoms. The van der Waals surface area contributed by atoms with Crippen LogP contribution in [0.3, 0.4) is 0 Å². The number of ether oxygens (including phenoxy) is 1. The van der Waals surface area contributed by atoms with Gasteiger partial charge in [-0.15, -0.1) is 0 Å². The first-order chi connectivity index (χ1) is 15.1. The van der Waals surface area contributed by atoms with Crippen molar-refractivity contribution in [2.45, 2.75) is 6.54 Å². The highest BCUT2D eigenvalue weighted by atomic mass is 16.5. The molecule has 1 heterocycles. The summed E-state index contributed by atoms with van der Waals surface area (Å²) in [6, 6.07) is 24.8. The molecule has 7 heteroatoms. The Hall–Kier alpha value is -4.39. The van der Waals surface area contributed by atoms with Crippen molar-refractivity contribution in [2.75, 3.05) is 5.32 Å². The van der Waals surface area contributed by atoms with Gasteiger partial charge in [0.25, 0.3) is 5.56 Å². The normalized spacial score (nSPS) is 10.5. The Balaban J connectivity index is 1.74. The highest BCUT2D eigenvalue weighted by molar-refractivity contribution is 5.89. The van der Waals surface area contributed by atoms with E-state index in [1.807, 2.05) is 48.5 Å². The molecule has 0 radical (unpaired) electrons. The van der Waals surface area contributed by atoms with Crippen molar-refractivity contribution in [3.63, 3.8) is 0 Å². The van der Waals surface area contributed by atoms with E-state index < -0.39 is 11.5 Å². The first-order valence-corrected chi connectivity index (χ1v) is 9.57. The predicted octanol–water partition coefficient (Wildman–Crippen LogP) is 4.53. The minimum atomic E-state index is -1.05. The topological polar surface area (TPSA) is 93.4 Å². The zero-order valence-corrected chi connectivity index (χ0v) is 16.4. The minimum absolute atomic E-state index is 0.106. The molecule has 0 aliphatic carbocycles. The summed E-state index contributed by atoms with van der Waals surface area (Å²) in [5.74, 6) is -0.270. The number of hydrogen-bond acceptors (Lipinski definition) is 5. The van der Waals surface area contributed by atoms with Crippen LogP contribution in [0.4, 0.5) is 11.4 Å². The highest BCUT2D eigenvalue weighted by Gasteiger charge is 2.15. The molecular formula is C24H19N3O4. The number of nitrogens with zero attached hydrogens (tertiary/aromatic N) is 2. The summed E-state index contributed by atoms with van der Waals surface area (Å²) in [5, 5.41) is 16.5. The average molecular weight is 413 g/mol. The summed E-state index contributed by atoms with van der Waals surface area (Å²) in [6.45, 7) is 0.287. The van der Waals surface area contributed by atoms with Crippen molar-refractivity contribution in [2.24, 2.45) is 0 Å². The van der Waals surface area contributed by atoms with Crippen molar-refractivity contribution >= 4 is 17.3 Å².